The second kappa shape index (κ2) is 5.83. The third-order valence-electron chi connectivity index (χ3n) is 3.70. The second-order valence-corrected chi connectivity index (χ2v) is 5.10. The van der Waals surface area contributed by atoms with Gasteiger partial charge in [0.15, 0.2) is 0 Å². The Morgan fingerprint density at radius 1 is 1.13 bits per heavy atom. The second-order valence-electron chi connectivity index (χ2n) is 5.10. The molecule has 2 saturated heterocycles. The first-order valence-corrected chi connectivity index (χ1v) is 6.49. The van der Waals surface area contributed by atoms with Gasteiger partial charge in [-0.25, -0.2) is 0 Å². The van der Waals surface area contributed by atoms with Crippen molar-refractivity contribution in [1.29, 1.82) is 0 Å². The summed E-state index contributed by atoms with van der Waals surface area (Å²) in [6, 6.07) is 0.750. The van der Waals surface area contributed by atoms with E-state index in [2.05, 4.69) is 22.2 Å². The first kappa shape index (κ1) is 11.4. The molecule has 2 fully saturated rings. The van der Waals surface area contributed by atoms with Gasteiger partial charge in [0.1, 0.15) is 0 Å². The summed E-state index contributed by atoms with van der Waals surface area (Å²) in [5, 5.41) is 3.68. The molecular formula is C12H25N3. The molecule has 0 amide bonds. The predicted octanol–water partition coefficient (Wildman–Crippen LogP) is 0.766. The zero-order valence-electron chi connectivity index (χ0n) is 10.0. The highest BCUT2D eigenvalue weighted by atomic mass is 15.2. The number of rotatable bonds is 4. The Balaban J connectivity index is 1.54. The molecule has 0 aliphatic carbocycles. The highest BCUT2D eigenvalue weighted by Crippen LogP contribution is 2.08. The van der Waals surface area contributed by atoms with Crippen molar-refractivity contribution in [2.24, 2.45) is 0 Å². The SMILES string of the molecule is CN1CCC(NCCN2CCCCC2)C1. The fourth-order valence-electron chi connectivity index (χ4n) is 2.71. The molecule has 0 spiro atoms. The molecular weight excluding hydrogens is 186 g/mol. The highest BCUT2D eigenvalue weighted by molar-refractivity contribution is 4.79. The van der Waals surface area contributed by atoms with Gasteiger partial charge in [-0.05, 0) is 45.9 Å². The van der Waals surface area contributed by atoms with E-state index in [0.717, 1.165) is 6.04 Å². The fourth-order valence-corrected chi connectivity index (χ4v) is 2.71. The minimum absolute atomic E-state index is 0.750. The molecule has 0 aromatic rings. The van der Waals surface area contributed by atoms with Crippen LogP contribution >= 0.6 is 0 Å². The molecule has 0 radical (unpaired) electrons. The van der Waals surface area contributed by atoms with Crippen LogP contribution in [0.2, 0.25) is 0 Å². The van der Waals surface area contributed by atoms with Crippen LogP contribution in [-0.2, 0) is 0 Å². The maximum Gasteiger partial charge on any atom is 0.0207 e. The summed E-state index contributed by atoms with van der Waals surface area (Å²) in [6.45, 7) is 7.58. The van der Waals surface area contributed by atoms with Crippen LogP contribution < -0.4 is 5.32 Å². The lowest BCUT2D eigenvalue weighted by molar-refractivity contribution is 0.226. The van der Waals surface area contributed by atoms with E-state index in [9.17, 15) is 0 Å². The van der Waals surface area contributed by atoms with Gasteiger partial charge in [-0.15, -0.1) is 0 Å². The van der Waals surface area contributed by atoms with Crippen molar-refractivity contribution in [2.75, 3.05) is 46.3 Å². The van der Waals surface area contributed by atoms with Gasteiger partial charge < -0.3 is 15.1 Å². The van der Waals surface area contributed by atoms with Crippen molar-refractivity contribution in [3.63, 3.8) is 0 Å². The molecule has 2 heterocycles. The Labute approximate surface area is 93.8 Å². The molecule has 2 aliphatic rings. The number of piperidine rings is 1. The summed E-state index contributed by atoms with van der Waals surface area (Å²) < 4.78 is 0. The first-order valence-electron chi connectivity index (χ1n) is 6.49. The molecule has 2 aliphatic heterocycles. The van der Waals surface area contributed by atoms with Crippen LogP contribution in [-0.4, -0.2) is 62.2 Å². The van der Waals surface area contributed by atoms with Gasteiger partial charge in [0.05, 0.1) is 0 Å². The molecule has 3 heteroatoms. The topological polar surface area (TPSA) is 18.5 Å². The van der Waals surface area contributed by atoms with E-state index in [1.807, 2.05) is 0 Å². The fraction of sp³-hybridized carbons (Fsp3) is 1.00. The van der Waals surface area contributed by atoms with Crippen LogP contribution in [0.1, 0.15) is 25.7 Å². The first-order chi connectivity index (χ1) is 7.34. The molecule has 2 rings (SSSR count). The number of hydrogen-bond acceptors (Lipinski definition) is 3. The maximum atomic E-state index is 3.68. The van der Waals surface area contributed by atoms with Gasteiger partial charge in [-0.1, -0.05) is 6.42 Å². The quantitative estimate of drug-likeness (QED) is 0.741. The van der Waals surface area contributed by atoms with Gasteiger partial charge in [-0.3, -0.25) is 0 Å². The van der Waals surface area contributed by atoms with Gasteiger partial charge in [-0.2, -0.15) is 0 Å². The molecule has 88 valence electrons. The lowest BCUT2D eigenvalue weighted by Gasteiger charge is -2.27. The largest absolute Gasteiger partial charge is 0.311 e. The average molecular weight is 211 g/mol. The third-order valence-corrected chi connectivity index (χ3v) is 3.70. The normalized spacial score (nSPS) is 29.8. The average Bonchev–Trinajstić information content (AvgIpc) is 2.66. The Morgan fingerprint density at radius 3 is 2.60 bits per heavy atom. The summed E-state index contributed by atoms with van der Waals surface area (Å²) >= 11 is 0. The van der Waals surface area contributed by atoms with Gasteiger partial charge in [0, 0.05) is 25.7 Å². The predicted molar refractivity (Wildman–Crippen MR) is 64.2 cm³/mol. The van der Waals surface area contributed by atoms with E-state index >= 15 is 0 Å². The van der Waals surface area contributed by atoms with Crippen LogP contribution in [0.25, 0.3) is 0 Å². The van der Waals surface area contributed by atoms with Crippen LogP contribution in [0.3, 0.4) is 0 Å². The van der Waals surface area contributed by atoms with E-state index in [-0.39, 0.29) is 0 Å². The summed E-state index contributed by atoms with van der Waals surface area (Å²) in [6.07, 6.45) is 5.59. The summed E-state index contributed by atoms with van der Waals surface area (Å²) in [4.78, 5) is 5.02. The van der Waals surface area contributed by atoms with Gasteiger partial charge in [0.25, 0.3) is 0 Å². The van der Waals surface area contributed by atoms with E-state index in [0.29, 0.717) is 0 Å². The zero-order chi connectivity index (χ0) is 10.5. The van der Waals surface area contributed by atoms with Crippen LogP contribution in [0.15, 0.2) is 0 Å². The van der Waals surface area contributed by atoms with E-state index in [1.54, 1.807) is 0 Å². The maximum absolute atomic E-state index is 3.68. The summed E-state index contributed by atoms with van der Waals surface area (Å²) in [7, 11) is 2.21. The minimum atomic E-state index is 0.750. The van der Waals surface area contributed by atoms with Gasteiger partial charge in [0.2, 0.25) is 0 Å². The molecule has 1 atom stereocenters. The molecule has 1 unspecified atom stereocenters. The number of nitrogens with zero attached hydrogens (tertiary/aromatic N) is 2. The van der Waals surface area contributed by atoms with Crippen molar-refractivity contribution in [2.45, 2.75) is 31.7 Å². The van der Waals surface area contributed by atoms with Crippen LogP contribution in [0.5, 0.6) is 0 Å². The van der Waals surface area contributed by atoms with E-state index < -0.39 is 0 Å². The number of nitrogens with one attached hydrogen (secondary N) is 1. The van der Waals surface area contributed by atoms with Crippen LogP contribution in [0.4, 0.5) is 0 Å². The monoisotopic (exact) mass is 211 g/mol. The van der Waals surface area contributed by atoms with Crippen molar-refractivity contribution in [3.05, 3.63) is 0 Å². The van der Waals surface area contributed by atoms with E-state index in [1.165, 1.54) is 65.0 Å². The number of likely N-dealkylation sites (N-methyl/N-ethyl adjacent to an activating group) is 1. The number of hydrogen-bond donors (Lipinski definition) is 1. The Morgan fingerprint density at radius 2 is 1.93 bits per heavy atom. The molecule has 0 bridgehead atoms. The molecule has 15 heavy (non-hydrogen) atoms. The van der Waals surface area contributed by atoms with Crippen LogP contribution in [0, 0.1) is 0 Å². The highest BCUT2D eigenvalue weighted by Gasteiger charge is 2.18. The van der Waals surface area contributed by atoms with Crippen molar-refractivity contribution in [1.82, 2.24) is 15.1 Å². The number of likely N-dealkylation sites (tertiary alicyclic amines) is 2. The minimum Gasteiger partial charge on any atom is -0.311 e. The van der Waals surface area contributed by atoms with E-state index in [4.69, 9.17) is 0 Å². The van der Waals surface area contributed by atoms with Gasteiger partial charge >= 0.3 is 0 Å². The van der Waals surface area contributed by atoms with Crippen molar-refractivity contribution in [3.8, 4) is 0 Å². The molecule has 0 saturated carbocycles. The van der Waals surface area contributed by atoms with Crippen molar-refractivity contribution < 1.29 is 0 Å². The molecule has 3 nitrogen and oxygen atoms in total. The third kappa shape index (κ3) is 3.74. The Kier molecular flexibility index (Phi) is 4.42. The molecule has 0 aromatic carbocycles. The summed E-state index contributed by atoms with van der Waals surface area (Å²) in [5.41, 5.74) is 0. The Bertz CT molecular complexity index is 173. The molecule has 0 aromatic heterocycles. The lowest BCUT2D eigenvalue weighted by Crippen LogP contribution is -2.40. The Hall–Kier alpha value is -0.120. The molecule has 1 N–H and O–H groups in total. The summed E-state index contributed by atoms with van der Waals surface area (Å²) in [5.74, 6) is 0. The smallest absolute Gasteiger partial charge is 0.0207 e. The lowest BCUT2D eigenvalue weighted by atomic mass is 10.1. The van der Waals surface area contributed by atoms with Crippen molar-refractivity contribution >= 4 is 0 Å². The zero-order valence-corrected chi connectivity index (χ0v) is 10.0. The standard InChI is InChI=1S/C12H25N3/c1-14-9-5-12(11-14)13-6-10-15-7-3-2-4-8-15/h12-13H,2-11H2,1H3.